The summed E-state index contributed by atoms with van der Waals surface area (Å²) in [6, 6.07) is 15.8. The molecule has 1 amide bonds. The predicted octanol–water partition coefficient (Wildman–Crippen LogP) is 5.35. The van der Waals surface area contributed by atoms with E-state index in [1.54, 1.807) is 6.07 Å². The quantitative estimate of drug-likeness (QED) is 0.371. The van der Waals surface area contributed by atoms with Crippen LogP contribution in [0.25, 0.3) is 11.8 Å². The molecule has 0 unspecified atom stereocenters. The van der Waals surface area contributed by atoms with Crippen LogP contribution >= 0.6 is 11.8 Å². The summed E-state index contributed by atoms with van der Waals surface area (Å²) in [5.74, 6) is -0.464. The van der Waals surface area contributed by atoms with Gasteiger partial charge in [-0.3, -0.25) is 4.79 Å². The van der Waals surface area contributed by atoms with Gasteiger partial charge in [0.15, 0.2) is 5.50 Å². The van der Waals surface area contributed by atoms with Crippen molar-refractivity contribution in [2.75, 3.05) is 12.4 Å². The number of carbonyl (C=O) groups excluding carboxylic acids is 2. The molecule has 2 heterocycles. The molecular formula is C27H29N3O3S. The van der Waals surface area contributed by atoms with Crippen molar-refractivity contribution in [3.63, 3.8) is 0 Å². The van der Waals surface area contributed by atoms with Gasteiger partial charge < -0.3 is 19.9 Å². The lowest BCUT2D eigenvalue weighted by atomic mass is 10.1. The maximum atomic E-state index is 12.7. The second-order valence-corrected chi connectivity index (χ2v) is 9.48. The van der Waals surface area contributed by atoms with Gasteiger partial charge in [-0.2, -0.15) is 0 Å². The van der Waals surface area contributed by atoms with Crippen LogP contribution in [0.3, 0.4) is 0 Å². The Morgan fingerprint density at radius 2 is 1.88 bits per heavy atom. The summed E-state index contributed by atoms with van der Waals surface area (Å²) < 4.78 is 6.99. The van der Waals surface area contributed by atoms with Gasteiger partial charge in [-0.15, -0.1) is 0 Å². The summed E-state index contributed by atoms with van der Waals surface area (Å²) in [4.78, 5) is 25.4. The van der Waals surface area contributed by atoms with Crippen molar-refractivity contribution in [1.29, 1.82) is 0 Å². The van der Waals surface area contributed by atoms with Crippen molar-refractivity contribution in [1.82, 2.24) is 9.88 Å². The number of methoxy groups -OCH3 is 1. The molecule has 1 aromatic heterocycles. The summed E-state index contributed by atoms with van der Waals surface area (Å²) in [5.41, 5.74) is 7.45. The van der Waals surface area contributed by atoms with E-state index in [9.17, 15) is 9.59 Å². The number of nitrogens with one attached hydrogen (secondary N) is 2. The molecule has 0 spiro atoms. The number of amides is 1. The van der Waals surface area contributed by atoms with E-state index in [0.717, 1.165) is 40.3 Å². The van der Waals surface area contributed by atoms with Crippen LogP contribution in [0.15, 0.2) is 53.4 Å². The average molecular weight is 476 g/mol. The molecule has 34 heavy (non-hydrogen) atoms. The molecule has 1 aliphatic rings. The Kier molecular flexibility index (Phi) is 6.84. The molecule has 1 saturated heterocycles. The van der Waals surface area contributed by atoms with Gasteiger partial charge in [0.2, 0.25) is 0 Å². The normalized spacial score (nSPS) is 16.6. The molecule has 4 rings (SSSR count). The molecule has 0 aliphatic carbocycles. The monoisotopic (exact) mass is 475 g/mol. The third kappa shape index (κ3) is 4.75. The minimum Gasteiger partial charge on any atom is -0.465 e. The van der Waals surface area contributed by atoms with Crippen LogP contribution < -0.4 is 10.6 Å². The number of hydrogen-bond acceptors (Lipinski definition) is 5. The number of benzene rings is 2. The van der Waals surface area contributed by atoms with Crippen molar-refractivity contribution >= 4 is 35.4 Å². The molecule has 6 nitrogen and oxygen atoms in total. The molecular weight excluding hydrogens is 446 g/mol. The zero-order valence-corrected chi connectivity index (χ0v) is 20.9. The lowest BCUT2D eigenvalue weighted by molar-refractivity contribution is -0.116. The van der Waals surface area contributed by atoms with Gasteiger partial charge in [0.1, 0.15) is 0 Å². The van der Waals surface area contributed by atoms with Crippen LogP contribution in [-0.2, 0) is 16.0 Å². The predicted molar refractivity (Wildman–Crippen MR) is 138 cm³/mol. The van der Waals surface area contributed by atoms with Gasteiger partial charge in [0, 0.05) is 22.8 Å². The molecule has 1 fully saturated rings. The Bertz CT molecular complexity index is 1280. The maximum Gasteiger partial charge on any atom is 0.337 e. The number of ether oxygens (including phenoxy) is 1. The van der Waals surface area contributed by atoms with Crippen LogP contribution in [0.5, 0.6) is 0 Å². The molecule has 1 atom stereocenters. The highest BCUT2D eigenvalue weighted by atomic mass is 32.2. The van der Waals surface area contributed by atoms with Crippen LogP contribution in [-0.4, -0.2) is 29.1 Å². The van der Waals surface area contributed by atoms with Crippen molar-refractivity contribution in [2.45, 2.75) is 39.6 Å². The van der Waals surface area contributed by atoms with Gasteiger partial charge in [0.25, 0.3) is 5.91 Å². The lowest BCUT2D eigenvalue weighted by Gasteiger charge is -2.14. The van der Waals surface area contributed by atoms with E-state index in [1.165, 1.54) is 24.4 Å². The number of carbonyl (C=O) groups is 2. The maximum absolute atomic E-state index is 12.7. The number of anilines is 1. The van der Waals surface area contributed by atoms with Crippen molar-refractivity contribution in [3.8, 4) is 5.69 Å². The fourth-order valence-electron chi connectivity index (χ4n) is 4.09. The van der Waals surface area contributed by atoms with E-state index in [4.69, 9.17) is 4.74 Å². The van der Waals surface area contributed by atoms with E-state index in [1.807, 2.05) is 51.1 Å². The zero-order chi connectivity index (χ0) is 24.4. The summed E-state index contributed by atoms with van der Waals surface area (Å²) in [6.07, 6.45) is 2.92. The Balaban J connectivity index is 1.59. The SMILES string of the molecule is CCc1ccc(N[C@H]2NC(=O)/C(=C/c3cc(C)n(-c4cc(C(=O)OC)ccc4C)c3C)S2)cc1. The Morgan fingerprint density at radius 3 is 2.56 bits per heavy atom. The van der Waals surface area contributed by atoms with Gasteiger partial charge in [-0.05, 0) is 80.3 Å². The molecule has 0 radical (unpaired) electrons. The molecule has 0 saturated carbocycles. The fraction of sp³-hybridized carbons (Fsp3) is 0.259. The number of aryl methyl sites for hydroxylation is 3. The van der Waals surface area contributed by atoms with Gasteiger partial charge >= 0.3 is 5.97 Å². The van der Waals surface area contributed by atoms with Crippen LogP contribution in [0.4, 0.5) is 5.69 Å². The van der Waals surface area contributed by atoms with Gasteiger partial charge in [-0.25, -0.2) is 4.79 Å². The number of aromatic nitrogens is 1. The first-order valence-electron chi connectivity index (χ1n) is 11.2. The molecule has 1 aliphatic heterocycles. The van der Waals surface area contributed by atoms with Crippen LogP contribution in [0, 0.1) is 20.8 Å². The zero-order valence-electron chi connectivity index (χ0n) is 20.1. The van der Waals surface area contributed by atoms with E-state index < -0.39 is 0 Å². The highest BCUT2D eigenvalue weighted by Crippen LogP contribution is 2.32. The number of esters is 1. The molecule has 3 aromatic rings. The topological polar surface area (TPSA) is 72.4 Å². The van der Waals surface area contributed by atoms with Gasteiger partial charge in [-0.1, -0.05) is 36.9 Å². The summed E-state index contributed by atoms with van der Waals surface area (Å²) in [6.45, 7) is 8.18. The van der Waals surface area contributed by atoms with Crippen molar-refractivity contribution < 1.29 is 14.3 Å². The number of rotatable bonds is 6. The summed E-state index contributed by atoms with van der Waals surface area (Å²) in [5, 5.41) is 6.36. The second-order valence-electron chi connectivity index (χ2n) is 8.33. The minimum absolute atomic E-state index is 0.0960. The second kappa shape index (κ2) is 9.81. The third-order valence-electron chi connectivity index (χ3n) is 6.02. The molecule has 2 N–H and O–H groups in total. The van der Waals surface area contributed by atoms with E-state index in [0.29, 0.717) is 10.5 Å². The third-order valence-corrected chi connectivity index (χ3v) is 7.05. The van der Waals surface area contributed by atoms with Crippen LogP contribution in [0.2, 0.25) is 0 Å². The summed E-state index contributed by atoms with van der Waals surface area (Å²) >= 11 is 1.47. The highest BCUT2D eigenvalue weighted by Gasteiger charge is 2.27. The van der Waals surface area contributed by atoms with Crippen molar-refractivity contribution in [2.24, 2.45) is 0 Å². The van der Waals surface area contributed by atoms with Crippen molar-refractivity contribution in [3.05, 3.63) is 87.1 Å². The Morgan fingerprint density at radius 1 is 1.15 bits per heavy atom. The Labute approximate surface area is 204 Å². The minimum atomic E-state index is -0.368. The largest absolute Gasteiger partial charge is 0.465 e. The van der Waals surface area contributed by atoms with E-state index in [-0.39, 0.29) is 17.4 Å². The first kappa shape index (κ1) is 23.7. The smallest absolute Gasteiger partial charge is 0.337 e. The number of hydrogen-bond donors (Lipinski definition) is 2. The lowest BCUT2D eigenvalue weighted by Crippen LogP contribution is -2.30. The van der Waals surface area contributed by atoms with E-state index in [2.05, 4.69) is 40.3 Å². The Hall–Kier alpha value is -3.45. The fourth-order valence-corrected chi connectivity index (χ4v) is 5.07. The average Bonchev–Trinajstić information content (AvgIpc) is 3.31. The summed E-state index contributed by atoms with van der Waals surface area (Å²) in [7, 11) is 1.38. The van der Waals surface area contributed by atoms with E-state index >= 15 is 0 Å². The first-order valence-corrected chi connectivity index (χ1v) is 12.1. The molecule has 0 bridgehead atoms. The first-order chi connectivity index (χ1) is 16.3. The highest BCUT2D eigenvalue weighted by molar-refractivity contribution is 8.05. The van der Waals surface area contributed by atoms with Crippen LogP contribution in [0.1, 0.15) is 45.4 Å². The number of nitrogens with zero attached hydrogens (tertiary/aromatic N) is 1. The molecule has 7 heteroatoms. The standard InChI is InChI=1S/C27H29N3O3S/c1-6-19-8-11-22(12-9-19)28-27-29-25(31)24(34-27)15-21-13-17(3)30(18(21)4)23-14-20(26(32)33-5)10-7-16(23)2/h7-15,27-28H,6H2,1-5H3,(H,29,31)/b24-15-/t27-/m0/s1. The number of thioether (sulfide) groups is 1. The van der Waals surface area contributed by atoms with Gasteiger partial charge in [0.05, 0.1) is 17.6 Å². The molecule has 176 valence electrons. The molecule has 2 aromatic carbocycles.